The fourth-order valence-electron chi connectivity index (χ4n) is 2.78. The summed E-state index contributed by atoms with van der Waals surface area (Å²) in [7, 11) is -0.375. The molecule has 0 aliphatic rings. The minimum absolute atomic E-state index is 0.322. The summed E-state index contributed by atoms with van der Waals surface area (Å²) < 4.78 is 35.2. The van der Waals surface area contributed by atoms with Crippen molar-refractivity contribution < 1.29 is 27.5 Å². The molecule has 9 nitrogen and oxygen atoms in total. The highest BCUT2D eigenvalue weighted by molar-refractivity contribution is 7.92. The van der Waals surface area contributed by atoms with E-state index in [9.17, 15) is 18.0 Å². The van der Waals surface area contributed by atoms with Crippen LogP contribution in [0.3, 0.4) is 0 Å². The van der Waals surface area contributed by atoms with Crippen LogP contribution in [0.4, 0.5) is 11.4 Å². The van der Waals surface area contributed by atoms with Crippen molar-refractivity contribution in [2.75, 3.05) is 43.2 Å². The maximum atomic E-state index is 12.8. The number of amides is 2. The summed E-state index contributed by atoms with van der Waals surface area (Å²) in [4.78, 5) is 25.2. The van der Waals surface area contributed by atoms with E-state index >= 15 is 0 Å². The predicted octanol–water partition coefficient (Wildman–Crippen LogP) is 2.25. The van der Waals surface area contributed by atoms with Crippen LogP contribution >= 0.6 is 0 Å². The molecule has 2 aromatic carbocycles. The van der Waals surface area contributed by atoms with Gasteiger partial charge in [-0.2, -0.15) is 0 Å². The SMILES string of the molecule is CCC(Oc1ccc(N(C)S(C)(=O)=O)cc1)C(=O)Nc1ccccc1C(=O)NCCOC. The van der Waals surface area contributed by atoms with Crippen molar-refractivity contribution in [1.82, 2.24) is 5.32 Å². The second-order valence-corrected chi connectivity index (χ2v) is 9.04. The Kier molecular flexibility index (Phi) is 9.03. The zero-order valence-electron chi connectivity index (χ0n) is 18.6. The van der Waals surface area contributed by atoms with Crippen LogP contribution in [0.1, 0.15) is 23.7 Å². The van der Waals surface area contributed by atoms with Crippen LogP contribution in [0.15, 0.2) is 48.5 Å². The summed E-state index contributed by atoms with van der Waals surface area (Å²) in [5.74, 6) is -0.303. The zero-order chi connectivity index (χ0) is 23.7. The molecule has 0 saturated carbocycles. The molecular weight excluding hydrogens is 434 g/mol. The van der Waals surface area contributed by atoms with E-state index in [0.717, 1.165) is 10.6 Å². The van der Waals surface area contributed by atoms with E-state index in [0.29, 0.717) is 42.3 Å². The molecular formula is C22H29N3O6S. The van der Waals surface area contributed by atoms with E-state index in [1.54, 1.807) is 62.6 Å². The van der Waals surface area contributed by atoms with Gasteiger partial charge >= 0.3 is 0 Å². The van der Waals surface area contributed by atoms with E-state index in [2.05, 4.69) is 10.6 Å². The third-order valence-electron chi connectivity index (χ3n) is 4.66. The minimum Gasteiger partial charge on any atom is -0.481 e. The lowest BCUT2D eigenvalue weighted by Gasteiger charge is -2.20. The maximum Gasteiger partial charge on any atom is 0.265 e. The Morgan fingerprint density at radius 1 is 1.09 bits per heavy atom. The van der Waals surface area contributed by atoms with Gasteiger partial charge in [-0.15, -0.1) is 0 Å². The number of hydrogen-bond acceptors (Lipinski definition) is 6. The van der Waals surface area contributed by atoms with Crippen molar-refractivity contribution in [3.05, 3.63) is 54.1 Å². The summed E-state index contributed by atoms with van der Waals surface area (Å²) in [5, 5.41) is 5.49. The van der Waals surface area contributed by atoms with Crippen LogP contribution in [-0.2, 0) is 19.6 Å². The highest BCUT2D eigenvalue weighted by atomic mass is 32.2. The lowest BCUT2D eigenvalue weighted by Crippen LogP contribution is -2.34. The number of rotatable bonds is 11. The highest BCUT2D eigenvalue weighted by Crippen LogP contribution is 2.22. The second kappa shape index (κ2) is 11.5. The molecule has 1 unspecified atom stereocenters. The molecule has 0 fully saturated rings. The van der Waals surface area contributed by atoms with Gasteiger partial charge in [0.25, 0.3) is 11.8 Å². The number of sulfonamides is 1. The summed E-state index contributed by atoms with van der Waals surface area (Å²) in [5.41, 5.74) is 1.19. The molecule has 0 bridgehead atoms. The Bertz CT molecular complexity index is 1020. The zero-order valence-corrected chi connectivity index (χ0v) is 19.4. The topological polar surface area (TPSA) is 114 Å². The van der Waals surface area contributed by atoms with Gasteiger partial charge in [-0.1, -0.05) is 19.1 Å². The second-order valence-electron chi connectivity index (χ2n) is 7.02. The number of hydrogen-bond donors (Lipinski definition) is 2. The lowest BCUT2D eigenvalue weighted by molar-refractivity contribution is -0.122. The molecule has 174 valence electrons. The lowest BCUT2D eigenvalue weighted by atomic mass is 10.1. The van der Waals surface area contributed by atoms with Crippen molar-refractivity contribution in [3.63, 3.8) is 0 Å². The van der Waals surface area contributed by atoms with Gasteiger partial charge in [-0.25, -0.2) is 8.42 Å². The molecule has 0 aliphatic heterocycles. The van der Waals surface area contributed by atoms with Crippen molar-refractivity contribution in [2.24, 2.45) is 0 Å². The van der Waals surface area contributed by atoms with E-state index in [1.165, 1.54) is 7.05 Å². The monoisotopic (exact) mass is 463 g/mol. The van der Waals surface area contributed by atoms with E-state index in [4.69, 9.17) is 9.47 Å². The number of carbonyl (C=O) groups excluding carboxylic acids is 2. The Hall–Kier alpha value is -3.11. The first-order valence-electron chi connectivity index (χ1n) is 10.0. The molecule has 0 heterocycles. The first-order chi connectivity index (χ1) is 15.2. The van der Waals surface area contributed by atoms with E-state index in [1.807, 2.05) is 0 Å². The molecule has 0 aliphatic carbocycles. The fourth-order valence-corrected chi connectivity index (χ4v) is 3.28. The van der Waals surface area contributed by atoms with Crippen LogP contribution in [0.25, 0.3) is 0 Å². The first-order valence-corrected chi connectivity index (χ1v) is 11.9. The molecule has 2 aromatic rings. The Labute approximate surface area is 188 Å². The Morgan fingerprint density at radius 2 is 1.75 bits per heavy atom. The number of carbonyl (C=O) groups is 2. The molecule has 1 atom stereocenters. The predicted molar refractivity (Wildman–Crippen MR) is 124 cm³/mol. The smallest absolute Gasteiger partial charge is 0.265 e. The van der Waals surface area contributed by atoms with Crippen LogP contribution in [-0.4, -0.2) is 59.9 Å². The Morgan fingerprint density at radius 3 is 2.34 bits per heavy atom. The normalized spacial score (nSPS) is 12.0. The van der Waals surface area contributed by atoms with E-state index in [-0.39, 0.29) is 5.91 Å². The van der Waals surface area contributed by atoms with Crippen molar-refractivity contribution in [3.8, 4) is 5.75 Å². The average Bonchev–Trinajstić information content (AvgIpc) is 2.77. The fraction of sp³-hybridized carbons (Fsp3) is 0.364. The van der Waals surface area contributed by atoms with Gasteiger partial charge in [-0.3, -0.25) is 13.9 Å². The number of anilines is 2. The molecule has 0 saturated heterocycles. The molecule has 0 spiro atoms. The van der Waals surface area contributed by atoms with Gasteiger partial charge < -0.3 is 20.1 Å². The molecule has 0 aromatic heterocycles. The van der Waals surface area contributed by atoms with E-state index < -0.39 is 22.0 Å². The maximum absolute atomic E-state index is 12.8. The third kappa shape index (κ3) is 6.96. The quantitative estimate of drug-likeness (QED) is 0.494. The molecule has 32 heavy (non-hydrogen) atoms. The molecule has 0 radical (unpaired) electrons. The summed E-state index contributed by atoms with van der Waals surface area (Å²) in [6, 6.07) is 13.1. The van der Waals surface area contributed by atoms with Crippen LogP contribution in [0.5, 0.6) is 5.75 Å². The van der Waals surface area contributed by atoms with Gasteiger partial charge in [0.1, 0.15) is 5.75 Å². The van der Waals surface area contributed by atoms with Crippen LogP contribution in [0, 0.1) is 0 Å². The van der Waals surface area contributed by atoms with Gasteiger partial charge in [-0.05, 0) is 42.8 Å². The van der Waals surface area contributed by atoms with Gasteiger partial charge in [0.2, 0.25) is 10.0 Å². The van der Waals surface area contributed by atoms with Gasteiger partial charge in [0, 0.05) is 20.7 Å². The van der Waals surface area contributed by atoms with Gasteiger partial charge in [0.15, 0.2) is 6.10 Å². The molecule has 10 heteroatoms. The standard InChI is InChI=1S/C22H29N3O6S/c1-5-20(31-17-12-10-16(11-13-17)25(2)32(4,28)29)22(27)24-19-9-7-6-8-18(19)21(26)23-14-15-30-3/h6-13,20H,5,14-15H2,1-4H3,(H,23,26)(H,24,27). The molecule has 2 N–H and O–H groups in total. The number of benzene rings is 2. The summed E-state index contributed by atoms with van der Waals surface area (Å²) in [6.45, 7) is 2.53. The average molecular weight is 464 g/mol. The molecule has 2 rings (SSSR count). The minimum atomic E-state index is -3.37. The highest BCUT2D eigenvalue weighted by Gasteiger charge is 2.21. The third-order valence-corrected chi connectivity index (χ3v) is 5.87. The summed E-state index contributed by atoms with van der Waals surface area (Å²) in [6.07, 6.45) is 0.696. The number of para-hydroxylation sites is 1. The summed E-state index contributed by atoms with van der Waals surface area (Å²) >= 11 is 0. The Balaban J connectivity index is 2.09. The number of methoxy groups -OCH3 is 1. The number of nitrogens with one attached hydrogen (secondary N) is 2. The first kappa shape index (κ1) is 25.2. The van der Waals surface area contributed by atoms with Gasteiger partial charge in [0.05, 0.1) is 29.8 Å². The van der Waals surface area contributed by atoms with Crippen LogP contribution < -0.4 is 19.7 Å². The largest absolute Gasteiger partial charge is 0.481 e. The van der Waals surface area contributed by atoms with Crippen molar-refractivity contribution in [2.45, 2.75) is 19.4 Å². The number of nitrogens with zero attached hydrogens (tertiary/aromatic N) is 1. The van der Waals surface area contributed by atoms with Crippen LogP contribution in [0.2, 0.25) is 0 Å². The molecule has 2 amide bonds. The number of ether oxygens (including phenoxy) is 2. The van der Waals surface area contributed by atoms with Crippen molar-refractivity contribution in [1.29, 1.82) is 0 Å². The van der Waals surface area contributed by atoms with Crippen molar-refractivity contribution >= 4 is 33.2 Å².